The number of amides is 3. The second-order valence-corrected chi connectivity index (χ2v) is 24.8. The number of fused-ring (bicyclic) bond motifs is 3. The Labute approximate surface area is 514 Å². The Morgan fingerprint density at radius 3 is 2.36 bits per heavy atom. The monoisotopic (exact) mass is 1200 g/mol. The molecule has 11 rings (SSSR count). The molecule has 0 bridgehead atoms. The predicted molar refractivity (Wildman–Crippen MR) is 338 cm³/mol. The molecule has 0 spiro atoms. The number of thiazole rings is 1. The Bertz CT molecular complexity index is 3440. The van der Waals surface area contributed by atoms with E-state index in [0.29, 0.717) is 85.0 Å². The van der Waals surface area contributed by atoms with Crippen molar-refractivity contribution in [1.82, 2.24) is 35.0 Å². The summed E-state index contributed by atoms with van der Waals surface area (Å²) >= 11 is 1.58. The molecule has 2 aromatic heterocycles. The first-order valence-corrected chi connectivity index (χ1v) is 32.0. The van der Waals surface area contributed by atoms with Crippen LogP contribution in [0.4, 0.5) is 11.5 Å². The lowest BCUT2D eigenvalue weighted by atomic mass is 9.69. The van der Waals surface area contributed by atoms with Crippen LogP contribution in [0.1, 0.15) is 87.0 Å². The van der Waals surface area contributed by atoms with Gasteiger partial charge in [0.25, 0.3) is 0 Å². The molecule has 3 amide bonds. The molecule has 5 aliphatic rings. The molecule has 1 aliphatic carbocycles. The fourth-order valence-corrected chi connectivity index (χ4v) is 14.9. The van der Waals surface area contributed by atoms with Crippen molar-refractivity contribution in [3.8, 4) is 29.1 Å². The molecule has 3 N–H and O–H groups in total. The second-order valence-electron chi connectivity index (χ2n) is 23.9. The molecule has 3 saturated heterocycles. The first-order chi connectivity index (χ1) is 42.5. The number of nitriles is 1. The number of rotatable bonds is 25. The summed E-state index contributed by atoms with van der Waals surface area (Å²) in [5, 5.41) is 20.3. The number of carbonyl (C=O) groups excluding carboxylic acids is 3. The Kier molecular flexibility index (Phi) is 20.0. The molecule has 1 unspecified atom stereocenters. The summed E-state index contributed by atoms with van der Waals surface area (Å²) in [4.78, 5) is 66.4. The minimum Gasteiger partial charge on any atom is -0.491 e. The average molecular weight is 1200 g/mol. The molecule has 4 aromatic carbocycles. The molecule has 20 heteroatoms. The maximum absolute atomic E-state index is 14.7. The second kappa shape index (κ2) is 28.3. The Balaban J connectivity index is 0.633. The maximum Gasteiger partial charge on any atom is 0.318 e. The Morgan fingerprint density at radius 2 is 1.57 bits per heavy atom. The highest BCUT2D eigenvalue weighted by Crippen LogP contribution is 2.44. The van der Waals surface area contributed by atoms with Gasteiger partial charge in [-0.25, -0.2) is 4.98 Å². The fourth-order valence-electron chi connectivity index (χ4n) is 13.9. The molecular formula is C67H83N11O8S. The van der Waals surface area contributed by atoms with Gasteiger partial charge in [-0.3, -0.25) is 19.3 Å². The Morgan fingerprint density at radius 1 is 0.816 bits per heavy atom. The first kappa shape index (κ1) is 61.4. The number of carbonyl (C=O) groups is 3. The average Bonchev–Trinajstić information content (AvgIpc) is 2.19. The third kappa shape index (κ3) is 13.6. The van der Waals surface area contributed by atoms with Crippen molar-refractivity contribution in [3.05, 3.63) is 113 Å². The van der Waals surface area contributed by atoms with Gasteiger partial charge in [-0.1, -0.05) is 86.5 Å². The summed E-state index contributed by atoms with van der Waals surface area (Å²) in [7, 11) is 3.82. The molecule has 6 atom stereocenters. The lowest BCUT2D eigenvalue weighted by Crippen LogP contribution is -2.63. The van der Waals surface area contributed by atoms with Crippen molar-refractivity contribution >= 4 is 62.1 Å². The first-order valence-electron chi connectivity index (χ1n) is 31.1. The van der Waals surface area contributed by atoms with Crippen molar-refractivity contribution in [3.63, 3.8) is 0 Å². The number of aromatic nitrogens is 3. The number of ether oxygens (including phenoxy) is 5. The number of nitrogens with one attached hydrogen (secondary N) is 1. The summed E-state index contributed by atoms with van der Waals surface area (Å²) in [5.74, 6) is 0.456. The number of hydrogen-bond acceptors (Lipinski definition) is 17. The normalized spacial score (nSPS) is 21.2. The van der Waals surface area contributed by atoms with Crippen molar-refractivity contribution < 1.29 is 38.1 Å². The van der Waals surface area contributed by atoms with Crippen LogP contribution < -0.4 is 30.3 Å². The number of anilines is 2. The van der Waals surface area contributed by atoms with Gasteiger partial charge in [-0.05, 0) is 101 Å². The van der Waals surface area contributed by atoms with E-state index in [9.17, 15) is 19.6 Å². The molecule has 0 radical (unpaired) electrons. The zero-order valence-electron chi connectivity index (χ0n) is 50.6. The molecular weight excluding hydrogens is 1120 g/mol. The number of nitrogens with two attached hydrogens (primary N) is 1. The standard InChI is InChI=1S/C67H83N11O8S/c1-5-60(79)77-32-31-76(40-47(77)26-28-68)62-54-27-30-75(57-22-13-18-45-15-9-10-19-50(45)57)42-55(54)72-66(73-62)86-43-48-39-49(41-74(48)4)84-37-35-82-33-34-83-36-38-85-59-25-24-52(51-20-11-12-21-53(51)59)56-44-87-63(71-56)58-23-14-29-78(58)64(80)61(46-16-7-6-8-17-46)67(2,70-3)65(69)81/h5,9-13,15,18-22,24-25,44,46-49,58,61,70H,1,6-8,14,16-17,23,26-27,29-43H2,2-4H3,(H2,69,81)/t47-,48-,49+,58-,61+,67?/m0/s1. The highest BCUT2D eigenvalue weighted by atomic mass is 32.1. The van der Waals surface area contributed by atoms with Crippen LogP contribution in [0, 0.1) is 23.2 Å². The van der Waals surface area contributed by atoms with Crippen LogP contribution in [0.5, 0.6) is 11.8 Å². The van der Waals surface area contributed by atoms with Gasteiger partial charge in [-0.15, -0.1) is 11.3 Å². The molecule has 4 fully saturated rings. The van der Waals surface area contributed by atoms with E-state index >= 15 is 0 Å². The van der Waals surface area contributed by atoms with E-state index in [1.54, 1.807) is 30.2 Å². The van der Waals surface area contributed by atoms with Crippen LogP contribution >= 0.6 is 11.3 Å². The number of piperazine rings is 1. The highest BCUT2D eigenvalue weighted by Gasteiger charge is 2.50. The fraction of sp³-hybridized carbons (Fsp3) is 0.507. The number of primary amides is 1. The number of likely N-dealkylation sites (tertiary alicyclic amines) is 2. The highest BCUT2D eigenvalue weighted by molar-refractivity contribution is 7.10. The third-order valence-electron chi connectivity index (χ3n) is 18.7. The smallest absolute Gasteiger partial charge is 0.318 e. The summed E-state index contributed by atoms with van der Waals surface area (Å²) in [6, 6.07) is 29.3. The minimum atomic E-state index is -1.15. The molecule has 19 nitrogen and oxygen atoms in total. The van der Waals surface area contributed by atoms with Crippen LogP contribution in [-0.2, 0) is 41.6 Å². The molecule has 460 valence electrons. The van der Waals surface area contributed by atoms with Crippen LogP contribution in [-0.4, -0.2) is 171 Å². The van der Waals surface area contributed by atoms with Gasteiger partial charge in [-0.2, -0.15) is 15.2 Å². The Hall–Kier alpha value is -7.25. The quantitative estimate of drug-likeness (QED) is 0.0406. The predicted octanol–water partition coefficient (Wildman–Crippen LogP) is 8.49. The van der Waals surface area contributed by atoms with Gasteiger partial charge in [0.05, 0.1) is 87.6 Å². The molecule has 6 aromatic rings. The van der Waals surface area contributed by atoms with Crippen LogP contribution in [0.25, 0.3) is 32.8 Å². The number of benzene rings is 4. The van der Waals surface area contributed by atoms with Crippen LogP contribution in [0.15, 0.2) is 96.9 Å². The molecule has 6 heterocycles. The van der Waals surface area contributed by atoms with E-state index in [2.05, 4.69) is 106 Å². The van der Waals surface area contributed by atoms with Gasteiger partial charge < -0.3 is 54.3 Å². The van der Waals surface area contributed by atoms with Crippen molar-refractivity contribution in [2.75, 3.05) is 109 Å². The van der Waals surface area contributed by atoms with Gasteiger partial charge in [0.1, 0.15) is 35.3 Å². The van der Waals surface area contributed by atoms with E-state index in [-0.39, 0.29) is 48.4 Å². The van der Waals surface area contributed by atoms with Gasteiger partial charge in [0, 0.05) is 78.3 Å². The topological polar surface area (TPSA) is 214 Å². The SMILES string of the molecule is C=CC(=O)N1CCN(c2nc(OC[C@@H]3C[C@@H](OCCOCCOCCOc4ccc(-c5csc([C@@H]6CCCN6C(=O)[C@@H](C6CCCCC6)C(C)(NC)C(N)=O)n5)c5ccccc45)CN3C)nc3c2CCN(c2cccc4ccccc24)C3)C[C@@H]1CC#N. The lowest BCUT2D eigenvalue weighted by molar-refractivity contribution is -0.147. The van der Waals surface area contributed by atoms with Crippen LogP contribution in [0.2, 0.25) is 0 Å². The zero-order chi connectivity index (χ0) is 60.4. The molecule has 87 heavy (non-hydrogen) atoms. The molecule has 4 aliphatic heterocycles. The van der Waals surface area contributed by atoms with Gasteiger partial charge >= 0.3 is 6.01 Å². The van der Waals surface area contributed by atoms with E-state index < -0.39 is 17.4 Å². The number of likely N-dealkylation sites (N-methyl/N-ethyl adjacent to an activating group) is 2. The summed E-state index contributed by atoms with van der Waals surface area (Å²) in [5.41, 5.74) is 9.88. The van der Waals surface area contributed by atoms with Crippen LogP contribution in [0.3, 0.4) is 0 Å². The van der Waals surface area contributed by atoms with Crippen molar-refractivity contribution in [2.45, 2.75) is 107 Å². The molecule has 1 saturated carbocycles. The maximum atomic E-state index is 14.7. The number of nitrogens with zero attached hydrogens (tertiary/aromatic N) is 9. The zero-order valence-corrected chi connectivity index (χ0v) is 51.4. The van der Waals surface area contributed by atoms with Gasteiger partial charge in [0.15, 0.2) is 0 Å². The van der Waals surface area contributed by atoms with E-state index in [1.165, 1.54) is 16.8 Å². The summed E-state index contributed by atoms with van der Waals surface area (Å²) < 4.78 is 31.0. The van der Waals surface area contributed by atoms with E-state index in [1.807, 2.05) is 23.1 Å². The minimum absolute atomic E-state index is 0.00160. The summed E-state index contributed by atoms with van der Waals surface area (Å²) in [6.45, 7) is 12.7. The van der Waals surface area contributed by atoms with Gasteiger partial charge in [0.2, 0.25) is 17.7 Å². The van der Waals surface area contributed by atoms with Crippen molar-refractivity contribution in [2.24, 2.45) is 17.6 Å². The largest absolute Gasteiger partial charge is 0.491 e. The van der Waals surface area contributed by atoms with Crippen molar-refractivity contribution in [1.29, 1.82) is 5.26 Å². The number of hydrogen-bond donors (Lipinski definition) is 2. The van der Waals surface area contributed by atoms with E-state index in [4.69, 9.17) is 44.4 Å². The van der Waals surface area contributed by atoms with E-state index in [0.717, 1.165) is 126 Å². The third-order valence-corrected chi connectivity index (χ3v) is 19.7. The summed E-state index contributed by atoms with van der Waals surface area (Å²) in [6.07, 6.45) is 9.85. The lowest BCUT2D eigenvalue weighted by Gasteiger charge is -2.42.